The van der Waals surface area contributed by atoms with Gasteiger partial charge in [-0.1, -0.05) is 90.5 Å². The van der Waals surface area contributed by atoms with E-state index in [0.717, 1.165) is 35.2 Å². The Morgan fingerprint density at radius 1 is 0.778 bits per heavy atom. The second kappa shape index (κ2) is 10.1. The van der Waals surface area contributed by atoms with E-state index in [0.29, 0.717) is 6.54 Å². The summed E-state index contributed by atoms with van der Waals surface area (Å²) in [5.41, 5.74) is 3.59. The molecule has 0 bridgehead atoms. The van der Waals surface area contributed by atoms with Crippen molar-refractivity contribution in [3.8, 4) is 0 Å². The van der Waals surface area contributed by atoms with Gasteiger partial charge in [-0.05, 0) is 41.4 Å². The summed E-state index contributed by atoms with van der Waals surface area (Å²) in [6.07, 6.45) is 0.937. The first-order valence-corrected chi connectivity index (χ1v) is 9.85. The van der Waals surface area contributed by atoms with E-state index in [1.54, 1.807) is 0 Å². The highest BCUT2D eigenvalue weighted by Crippen LogP contribution is 2.18. The highest BCUT2D eigenvalue weighted by Gasteiger charge is 2.12. The first-order chi connectivity index (χ1) is 13.2. The Morgan fingerprint density at radius 3 is 2.04 bits per heavy atom. The molecule has 2 nitrogen and oxygen atoms in total. The van der Waals surface area contributed by atoms with Gasteiger partial charge in [0.1, 0.15) is 0 Å². The molecular formula is C23H23ClN2S. The zero-order chi connectivity index (χ0) is 18.9. The highest BCUT2D eigenvalue weighted by atomic mass is 35.5. The Morgan fingerprint density at radius 2 is 1.37 bits per heavy atom. The summed E-state index contributed by atoms with van der Waals surface area (Å²) < 4.78 is 0. The molecule has 0 aliphatic carbocycles. The van der Waals surface area contributed by atoms with Crippen LogP contribution >= 0.6 is 23.8 Å². The summed E-state index contributed by atoms with van der Waals surface area (Å²) in [7, 11) is 0. The van der Waals surface area contributed by atoms with Gasteiger partial charge in [0.05, 0.1) is 0 Å². The molecule has 0 saturated carbocycles. The maximum absolute atomic E-state index is 6.37. The van der Waals surface area contributed by atoms with E-state index in [4.69, 9.17) is 23.8 Å². The van der Waals surface area contributed by atoms with Crippen LogP contribution in [-0.4, -0.2) is 16.6 Å². The minimum absolute atomic E-state index is 0.672. The lowest BCUT2D eigenvalue weighted by Crippen LogP contribution is -2.39. The van der Waals surface area contributed by atoms with Gasteiger partial charge in [0, 0.05) is 24.7 Å². The smallest absolute Gasteiger partial charge is 0.169 e. The predicted octanol–water partition coefficient (Wildman–Crippen LogP) is 5.46. The molecule has 4 heteroatoms. The first-order valence-electron chi connectivity index (χ1n) is 9.06. The van der Waals surface area contributed by atoms with Crippen molar-refractivity contribution in [1.29, 1.82) is 0 Å². The van der Waals surface area contributed by atoms with Crippen LogP contribution in [0.15, 0.2) is 84.9 Å². The second-order valence-electron chi connectivity index (χ2n) is 6.40. The molecule has 0 unspecified atom stereocenters. The van der Waals surface area contributed by atoms with E-state index in [1.165, 1.54) is 11.1 Å². The number of rotatable bonds is 7. The van der Waals surface area contributed by atoms with Gasteiger partial charge in [0.2, 0.25) is 0 Å². The number of hydrogen-bond donors (Lipinski definition) is 1. The van der Waals surface area contributed by atoms with Gasteiger partial charge in [-0.3, -0.25) is 0 Å². The van der Waals surface area contributed by atoms with Crippen molar-refractivity contribution in [3.63, 3.8) is 0 Å². The van der Waals surface area contributed by atoms with Crippen molar-refractivity contribution < 1.29 is 0 Å². The van der Waals surface area contributed by atoms with Crippen LogP contribution in [0, 0.1) is 0 Å². The molecule has 1 N–H and O–H groups in total. The minimum Gasteiger partial charge on any atom is -0.362 e. The summed E-state index contributed by atoms with van der Waals surface area (Å²) in [4.78, 5) is 2.16. The molecule has 3 aromatic carbocycles. The molecular weight excluding hydrogens is 372 g/mol. The van der Waals surface area contributed by atoms with E-state index in [1.807, 2.05) is 36.4 Å². The molecule has 0 radical (unpaired) electrons. The Hall–Kier alpha value is -2.36. The van der Waals surface area contributed by atoms with E-state index < -0.39 is 0 Å². The van der Waals surface area contributed by atoms with Crippen LogP contribution in [0.2, 0.25) is 5.02 Å². The van der Waals surface area contributed by atoms with E-state index >= 15 is 0 Å². The van der Waals surface area contributed by atoms with E-state index in [-0.39, 0.29) is 0 Å². The van der Waals surface area contributed by atoms with Crippen LogP contribution in [0.4, 0.5) is 0 Å². The van der Waals surface area contributed by atoms with E-state index in [2.05, 4.69) is 58.7 Å². The Labute approximate surface area is 171 Å². The van der Waals surface area contributed by atoms with Gasteiger partial charge in [0.15, 0.2) is 5.11 Å². The fraction of sp³-hybridized carbons (Fsp3) is 0.174. The van der Waals surface area contributed by atoms with E-state index in [9.17, 15) is 0 Å². The summed E-state index contributed by atoms with van der Waals surface area (Å²) in [6.45, 7) is 2.21. The number of halogens is 1. The topological polar surface area (TPSA) is 15.3 Å². The number of nitrogens with one attached hydrogen (secondary N) is 1. The minimum atomic E-state index is 0.672. The molecule has 0 aliphatic rings. The van der Waals surface area contributed by atoms with Crippen LogP contribution in [0.25, 0.3) is 0 Å². The van der Waals surface area contributed by atoms with Crippen molar-refractivity contribution in [1.82, 2.24) is 10.2 Å². The normalized spacial score (nSPS) is 10.4. The Balaban J connectivity index is 1.66. The Bertz CT molecular complexity index is 853. The zero-order valence-corrected chi connectivity index (χ0v) is 16.7. The summed E-state index contributed by atoms with van der Waals surface area (Å²) in [5, 5.41) is 4.92. The van der Waals surface area contributed by atoms with Crippen LogP contribution in [-0.2, 0) is 19.5 Å². The molecule has 0 spiro atoms. The van der Waals surface area contributed by atoms with Crippen LogP contribution in [0.1, 0.15) is 16.7 Å². The van der Waals surface area contributed by atoms with Crippen molar-refractivity contribution >= 4 is 28.9 Å². The maximum Gasteiger partial charge on any atom is 0.169 e. The third kappa shape index (κ3) is 6.09. The van der Waals surface area contributed by atoms with Gasteiger partial charge in [-0.25, -0.2) is 0 Å². The number of thiocarbonyl (C=S) groups is 1. The van der Waals surface area contributed by atoms with Crippen molar-refractivity contribution in [2.75, 3.05) is 6.54 Å². The van der Waals surface area contributed by atoms with Crippen LogP contribution < -0.4 is 5.32 Å². The first kappa shape index (κ1) is 19.4. The van der Waals surface area contributed by atoms with Crippen molar-refractivity contribution in [2.45, 2.75) is 19.5 Å². The molecule has 0 aromatic heterocycles. The largest absolute Gasteiger partial charge is 0.362 e. The lowest BCUT2D eigenvalue weighted by Gasteiger charge is -2.26. The molecule has 0 atom stereocenters. The van der Waals surface area contributed by atoms with Crippen LogP contribution in [0.3, 0.4) is 0 Å². The fourth-order valence-corrected chi connectivity index (χ4v) is 3.33. The monoisotopic (exact) mass is 394 g/mol. The van der Waals surface area contributed by atoms with Gasteiger partial charge < -0.3 is 10.2 Å². The Kier molecular flexibility index (Phi) is 7.26. The average Bonchev–Trinajstić information content (AvgIpc) is 2.70. The standard InChI is InChI=1S/C23H23ClN2S/c24-22-14-8-7-13-21(22)18-26(17-20-11-5-2-6-12-20)23(27)25-16-15-19-9-3-1-4-10-19/h1-14H,15-18H2,(H,25,27). The van der Waals surface area contributed by atoms with Crippen molar-refractivity contribution in [3.05, 3.63) is 107 Å². The molecule has 0 aliphatic heterocycles. The average molecular weight is 395 g/mol. The lowest BCUT2D eigenvalue weighted by molar-refractivity contribution is 0.399. The lowest BCUT2D eigenvalue weighted by atomic mass is 10.1. The highest BCUT2D eigenvalue weighted by molar-refractivity contribution is 7.80. The zero-order valence-electron chi connectivity index (χ0n) is 15.1. The molecule has 0 amide bonds. The molecule has 27 heavy (non-hydrogen) atoms. The quantitative estimate of drug-likeness (QED) is 0.535. The van der Waals surface area contributed by atoms with Crippen molar-refractivity contribution in [2.24, 2.45) is 0 Å². The number of hydrogen-bond acceptors (Lipinski definition) is 1. The SMILES string of the molecule is S=C(NCCc1ccccc1)N(Cc1ccccc1)Cc1ccccc1Cl. The molecule has 3 rings (SSSR count). The van der Waals surface area contributed by atoms with Gasteiger partial charge in [0.25, 0.3) is 0 Å². The fourth-order valence-electron chi connectivity index (χ4n) is 2.91. The maximum atomic E-state index is 6.37. The molecule has 3 aromatic rings. The van der Waals surface area contributed by atoms with Crippen LogP contribution in [0.5, 0.6) is 0 Å². The third-order valence-electron chi connectivity index (χ3n) is 4.36. The number of benzene rings is 3. The number of nitrogens with zero attached hydrogens (tertiary/aromatic N) is 1. The van der Waals surface area contributed by atoms with Gasteiger partial charge in [-0.15, -0.1) is 0 Å². The summed E-state index contributed by atoms with van der Waals surface area (Å²) >= 11 is 12.1. The summed E-state index contributed by atoms with van der Waals surface area (Å²) in [6, 6.07) is 28.7. The molecule has 0 heterocycles. The molecule has 138 valence electrons. The third-order valence-corrected chi connectivity index (χ3v) is 5.13. The molecule has 0 saturated heterocycles. The van der Waals surface area contributed by atoms with Gasteiger partial charge >= 0.3 is 0 Å². The summed E-state index contributed by atoms with van der Waals surface area (Å²) in [5.74, 6) is 0. The second-order valence-corrected chi connectivity index (χ2v) is 7.19. The molecule has 0 fully saturated rings. The predicted molar refractivity (Wildman–Crippen MR) is 118 cm³/mol. The van der Waals surface area contributed by atoms with Gasteiger partial charge in [-0.2, -0.15) is 0 Å².